The third kappa shape index (κ3) is 5.52. The van der Waals surface area contributed by atoms with Crippen LogP contribution in [0.15, 0.2) is 63.2 Å². The van der Waals surface area contributed by atoms with Crippen molar-refractivity contribution >= 4 is 35.7 Å². The molecule has 4 aromatic rings. The number of ether oxygens (including phenoxy) is 1. The lowest BCUT2D eigenvalue weighted by atomic mass is 10.1. The summed E-state index contributed by atoms with van der Waals surface area (Å²) in [6.07, 6.45) is 1.43. The molecule has 0 atom stereocenters. The molecule has 4 rings (SSSR count). The molecule has 3 N–H and O–H groups in total. The lowest BCUT2D eigenvalue weighted by Gasteiger charge is -2.06. The number of thioether (sulfide) groups is 1. The van der Waals surface area contributed by atoms with Crippen molar-refractivity contribution < 1.29 is 19.0 Å². The van der Waals surface area contributed by atoms with Gasteiger partial charge in [0.1, 0.15) is 0 Å². The molecule has 0 saturated heterocycles. The lowest BCUT2D eigenvalue weighted by Crippen LogP contribution is -2.20. The largest absolute Gasteiger partial charge is 0.465 e. The Morgan fingerprint density at radius 2 is 1.91 bits per heavy atom. The van der Waals surface area contributed by atoms with E-state index in [1.54, 1.807) is 24.3 Å². The summed E-state index contributed by atoms with van der Waals surface area (Å²) < 4.78 is 10.7. The number of nitrogen functional groups attached to an aromatic ring is 1. The normalized spacial score (nSPS) is 11.0. The number of aromatic nitrogens is 5. The summed E-state index contributed by atoms with van der Waals surface area (Å²) in [5, 5.41) is 19.3. The van der Waals surface area contributed by atoms with Crippen molar-refractivity contribution in [2.75, 3.05) is 12.8 Å². The minimum Gasteiger partial charge on any atom is -0.465 e. The predicted octanol–water partition coefficient (Wildman–Crippen LogP) is 2.38. The van der Waals surface area contributed by atoms with E-state index in [9.17, 15) is 9.59 Å². The van der Waals surface area contributed by atoms with E-state index in [-0.39, 0.29) is 17.3 Å². The second-order valence-corrected chi connectivity index (χ2v) is 8.23. The van der Waals surface area contributed by atoms with Gasteiger partial charge in [-0.25, -0.2) is 14.8 Å². The third-order valence-corrected chi connectivity index (χ3v) is 5.81. The predicted molar refractivity (Wildman–Crippen MR) is 127 cm³/mol. The number of rotatable bonds is 8. The molecule has 1 amide bonds. The van der Waals surface area contributed by atoms with Crippen LogP contribution in [0.4, 0.5) is 5.82 Å². The molecular formula is C22H20N8O4S. The van der Waals surface area contributed by atoms with Crippen molar-refractivity contribution in [3.8, 4) is 5.82 Å². The molecule has 2 aromatic carbocycles. The molecule has 0 saturated carbocycles. The van der Waals surface area contributed by atoms with Gasteiger partial charge in [0.25, 0.3) is 5.91 Å². The van der Waals surface area contributed by atoms with Gasteiger partial charge in [0, 0.05) is 10.6 Å². The molecule has 0 spiro atoms. The van der Waals surface area contributed by atoms with Crippen molar-refractivity contribution in [1.29, 1.82) is 0 Å². The van der Waals surface area contributed by atoms with Crippen molar-refractivity contribution in [3.63, 3.8) is 0 Å². The Labute approximate surface area is 203 Å². The fourth-order valence-electron chi connectivity index (χ4n) is 2.94. The summed E-state index contributed by atoms with van der Waals surface area (Å²) in [5.41, 5.74) is 11.0. The standard InChI is InChI=1S/C22H20N8O4S/c1-13-3-9-16(10-4-13)35-12-17-18(25-29-30(17)20-19(23)27-34-28-20)21(31)26-24-11-14-5-7-15(8-6-14)22(32)33-2/h3-11H,12H2,1-2H3,(H2,23,27)(H,26,31). The van der Waals surface area contributed by atoms with E-state index in [1.165, 1.54) is 29.8 Å². The van der Waals surface area contributed by atoms with E-state index in [0.29, 0.717) is 22.6 Å². The van der Waals surface area contributed by atoms with E-state index in [1.807, 2.05) is 31.2 Å². The van der Waals surface area contributed by atoms with Gasteiger partial charge in [0.15, 0.2) is 5.69 Å². The van der Waals surface area contributed by atoms with Crippen LogP contribution in [0.2, 0.25) is 0 Å². The first-order valence-electron chi connectivity index (χ1n) is 10.2. The van der Waals surface area contributed by atoms with Crippen molar-refractivity contribution in [2.45, 2.75) is 17.6 Å². The van der Waals surface area contributed by atoms with Gasteiger partial charge in [-0.1, -0.05) is 35.0 Å². The summed E-state index contributed by atoms with van der Waals surface area (Å²) >= 11 is 1.49. The molecular weight excluding hydrogens is 472 g/mol. The number of carbonyl (C=O) groups is 2. The van der Waals surface area contributed by atoms with Crippen LogP contribution in [0.5, 0.6) is 0 Å². The van der Waals surface area contributed by atoms with Gasteiger partial charge < -0.3 is 10.5 Å². The highest BCUT2D eigenvalue weighted by molar-refractivity contribution is 7.98. The summed E-state index contributed by atoms with van der Waals surface area (Å²) in [6.45, 7) is 2.00. The molecule has 2 aromatic heterocycles. The highest BCUT2D eigenvalue weighted by Crippen LogP contribution is 2.26. The Morgan fingerprint density at radius 3 is 2.57 bits per heavy atom. The molecule has 0 bridgehead atoms. The first kappa shape index (κ1) is 23.6. The number of aryl methyl sites for hydroxylation is 1. The van der Waals surface area contributed by atoms with Gasteiger partial charge in [-0.05, 0) is 47.1 Å². The van der Waals surface area contributed by atoms with Gasteiger partial charge in [-0.2, -0.15) is 9.78 Å². The fraction of sp³-hybridized carbons (Fsp3) is 0.136. The number of hydrogen-bond acceptors (Lipinski definition) is 11. The van der Waals surface area contributed by atoms with Crippen molar-refractivity contribution in [1.82, 2.24) is 30.7 Å². The number of hydrazone groups is 1. The van der Waals surface area contributed by atoms with Gasteiger partial charge in [-0.15, -0.1) is 16.9 Å². The second-order valence-electron chi connectivity index (χ2n) is 7.18. The number of nitrogens with one attached hydrogen (secondary N) is 1. The number of amides is 1. The SMILES string of the molecule is COC(=O)c1ccc(C=NNC(=O)c2nnn(-c3nonc3N)c2CSc2ccc(C)cc2)cc1. The maximum atomic E-state index is 12.9. The molecule has 13 heteroatoms. The zero-order valence-corrected chi connectivity index (χ0v) is 19.5. The highest BCUT2D eigenvalue weighted by atomic mass is 32.2. The van der Waals surface area contributed by atoms with Crippen LogP contribution in [0.25, 0.3) is 5.82 Å². The number of nitrogens with zero attached hydrogens (tertiary/aromatic N) is 6. The number of benzene rings is 2. The van der Waals surface area contributed by atoms with E-state index in [2.05, 4.69) is 40.5 Å². The van der Waals surface area contributed by atoms with Crippen molar-refractivity contribution in [2.24, 2.45) is 5.10 Å². The molecule has 0 unspecified atom stereocenters. The minimum absolute atomic E-state index is 0.0110. The number of anilines is 1. The number of nitrogens with two attached hydrogens (primary N) is 1. The average Bonchev–Trinajstić information content (AvgIpc) is 3.49. The van der Waals surface area contributed by atoms with E-state index in [4.69, 9.17) is 5.73 Å². The Balaban J connectivity index is 1.52. The number of methoxy groups -OCH3 is 1. The minimum atomic E-state index is -0.576. The molecule has 2 heterocycles. The first-order chi connectivity index (χ1) is 17.0. The monoisotopic (exact) mass is 492 g/mol. The quantitative estimate of drug-likeness (QED) is 0.161. The molecule has 35 heavy (non-hydrogen) atoms. The molecule has 0 aliphatic carbocycles. The molecule has 0 radical (unpaired) electrons. The molecule has 0 aliphatic heterocycles. The average molecular weight is 493 g/mol. The Bertz CT molecular complexity index is 1360. The van der Waals surface area contributed by atoms with Gasteiger partial charge in [0.2, 0.25) is 11.6 Å². The van der Waals surface area contributed by atoms with E-state index < -0.39 is 11.9 Å². The zero-order chi connectivity index (χ0) is 24.8. The van der Waals surface area contributed by atoms with E-state index in [0.717, 1.165) is 10.5 Å². The fourth-order valence-corrected chi connectivity index (χ4v) is 3.83. The summed E-state index contributed by atoms with van der Waals surface area (Å²) in [6, 6.07) is 14.5. The first-order valence-corrected chi connectivity index (χ1v) is 11.2. The Kier molecular flexibility index (Phi) is 7.16. The number of esters is 1. The second kappa shape index (κ2) is 10.6. The highest BCUT2D eigenvalue weighted by Gasteiger charge is 2.24. The van der Waals surface area contributed by atoms with Crippen LogP contribution >= 0.6 is 11.8 Å². The smallest absolute Gasteiger partial charge is 0.337 e. The molecule has 0 aliphatic rings. The maximum Gasteiger partial charge on any atom is 0.337 e. The third-order valence-electron chi connectivity index (χ3n) is 4.78. The summed E-state index contributed by atoms with van der Waals surface area (Å²) in [4.78, 5) is 25.4. The number of carbonyl (C=O) groups excluding carboxylic acids is 2. The van der Waals surface area contributed by atoms with Gasteiger partial charge in [0.05, 0.1) is 24.6 Å². The lowest BCUT2D eigenvalue weighted by molar-refractivity contribution is 0.0600. The molecule has 178 valence electrons. The van der Waals surface area contributed by atoms with Crippen LogP contribution in [-0.2, 0) is 10.5 Å². The van der Waals surface area contributed by atoms with Crippen LogP contribution in [0.3, 0.4) is 0 Å². The topological polar surface area (TPSA) is 163 Å². The zero-order valence-electron chi connectivity index (χ0n) is 18.7. The number of hydrogen-bond donors (Lipinski definition) is 2. The van der Waals surface area contributed by atoms with Gasteiger partial charge in [-0.3, -0.25) is 4.79 Å². The van der Waals surface area contributed by atoms with E-state index >= 15 is 0 Å². The summed E-state index contributed by atoms with van der Waals surface area (Å²) in [5.74, 6) is -0.539. The maximum absolute atomic E-state index is 12.9. The van der Waals surface area contributed by atoms with Crippen LogP contribution in [0.1, 0.15) is 37.7 Å². The van der Waals surface area contributed by atoms with Crippen LogP contribution < -0.4 is 11.2 Å². The summed E-state index contributed by atoms with van der Waals surface area (Å²) in [7, 11) is 1.31. The Morgan fingerprint density at radius 1 is 1.17 bits per heavy atom. The van der Waals surface area contributed by atoms with Crippen LogP contribution in [-0.4, -0.2) is 50.5 Å². The molecule has 0 fully saturated rings. The molecule has 12 nitrogen and oxygen atoms in total. The van der Waals surface area contributed by atoms with Gasteiger partial charge >= 0.3 is 5.97 Å². The Hall–Kier alpha value is -4.52. The van der Waals surface area contributed by atoms with Crippen molar-refractivity contribution in [3.05, 3.63) is 76.6 Å². The van der Waals surface area contributed by atoms with Crippen LogP contribution in [0, 0.1) is 6.92 Å².